The average Bonchev–Trinajstić information content (AvgIpc) is 2.87. The van der Waals surface area contributed by atoms with Crippen molar-refractivity contribution in [2.75, 3.05) is 31.5 Å². The van der Waals surface area contributed by atoms with E-state index in [9.17, 15) is 19.5 Å². The molecular formula is C27H29N3O4. The van der Waals surface area contributed by atoms with Crippen LogP contribution in [0.2, 0.25) is 0 Å². The number of rotatable bonds is 10. The second-order valence-corrected chi connectivity index (χ2v) is 7.87. The summed E-state index contributed by atoms with van der Waals surface area (Å²) in [6.07, 6.45) is 0. The molecule has 0 bridgehead atoms. The highest BCUT2D eigenvalue weighted by molar-refractivity contribution is 6.10. The molecule has 3 aromatic rings. The molecule has 2 amide bonds. The van der Waals surface area contributed by atoms with Gasteiger partial charge < -0.3 is 25.4 Å². The zero-order valence-corrected chi connectivity index (χ0v) is 19.4. The molecule has 0 fully saturated rings. The van der Waals surface area contributed by atoms with Crippen molar-refractivity contribution in [2.24, 2.45) is 0 Å². The van der Waals surface area contributed by atoms with E-state index in [0.29, 0.717) is 34.5 Å². The monoisotopic (exact) mass is 459 g/mol. The predicted molar refractivity (Wildman–Crippen MR) is 130 cm³/mol. The molecule has 34 heavy (non-hydrogen) atoms. The summed E-state index contributed by atoms with van der Waals surface area (Å²) >= 11 is 0. The number of carboxylic acid groups (broad SMARTS) is 1. The van der Waals surface area contributed by atoms with Crippen LogP contribution >= 0.6 is 0 Å². The molecule has 176 valence electrons. The summed E-state index contributed by atoms with van der Waals surface area (Å²) in [6, 6.07) is 19.9. The molecule has 0 aliphatic rings. The van der Waals surface area contributed by atoms with Gasteiger partial charge >= 0.3 is 0 Å². The second-order valence-electron chi connectivity index (χ2n) is 7.87. The maximum atomic E-state index is 13.0. The first-order valence-corrected chi connectivity index (χ1v) is 11.4. The first-order chi connectivity index (χ1) is 16.4. The lowest BCUT2D eigenvalue weighted by atomic mass is 9.95. The van der Waals surface area contributed by atoms with Crippen molar-refractivity contribution >= 4 is 23.5 Å². The van der Waals surface area contributed by atoms with Crippen LogP contribution in [0.25, 0.3) is 11.1 Å². The van der Waals surface area contributed by atoms with Crippen molar-refractivity contribution < 1.29 is 24.4 Å². The van der Waals surface area contributed by atoms with Crippen molar-refractivity contribution in [1.82, 2.24) is 5.32 Å². The fraction of sp³-hybridized carbons (Fsp3) is 0.222. The summed E-state index contributed by atoms with van der Waals surface area (Å²) in [5.74, 6) is -1.85. The quantitative estimate of drug-likeness (QED) is 0.429. The fourth-order valence-corrected chi connectivity index (χ4v) is 3.77. The van der Waals surface area contributed by atoms with E-state index >= 15 is 0 Å². The van der Waals surface area contributed by atoms with E-state index in [1.54, 1.807) is 66.7 Å². The molecule has 7 heteroatoms. The normalized spacial score (nSPS) is 10.7. The number of hydrogen-bond donors (Lipinski definition) is 3. The van der Waals surface area contributed by atoms with Crippen molar-refractivity contribution in [1.29, 1.82) is 0 Å². The Kier molecular flexibility index (Phi) is 8.54. The van der Waals surface area contributed by atoms with Gasteiger partial charge in [-0.1, -0.05) is 42.5 Å². The molecule has 0 saturated heterocycles. The van der Waals surface area contributed by atoms with Crippen LogP contribution in [-0.4, -0.2) is 44.0 Å². The summed E-state index contributed by atoms with van der Waals surface area (Å²) in [5.41, 5.74) is 2.28. The lowest BCUT2D eigenvalue weighted by molar-refractivity contribution is -0.895. The molecule has 7 nitrogen and oxygen atoms in total. The minimum atomic E-state index is -1.31. The average molecular weight is 460 g/mol. The molecule has 3 N–H and O–H groups in total. The first-order valence-electron chi connectivity index (χ1n) is 11.4. The van der Waals surface area contributed by atoms with Gasteiger partial charge in [-0.15, -0.1) is 0 Å². The van der Waals surface area contributed by atoms with Gasteiger partial charge in [0, 0.05) is 22.4 Å². The highest BCUT2D eigenvalue weighted by Gasteiger charge is 2.16. The number of anilines is 1. The Labute approximate surface area is 199 Å². The largest absolute Gasteiger partial charge is 0.545 e. The van der Waals surface area contributed by atoms with Crippen LogP contribution in [0.15, 0.2) is 72.8 Å². The molecule has 0 radical (unpaired) electrons. The van der Waals surface area contributed by atoms with Gasteiger partial charge in [0.05, 0.1) is 32.1 Å². The number of likely N-dealkylation sites (N-methyl/N-ethyl adjacent to an activating group) is 1. The molecule has 0 heterocycles. The molecule has 0 aliphatic heterocycles. The van der Waals surface area contributed by atoms with Crippen LogP contribution in [-0.2, 0) is 0 Å². The third-order valence-corrected chi connectivity index (χ3v) is 5.78. The van der Waals surface area contributed by atoms with E-state index in [0.717, 1.165) is 19.6 Å². The standard InChI is InChI=1S/C27H29N3O4/c1-3-30(4-2)18-17-28-25(31)19-13-15-20(16-14-19)29-26(32)23-11-7-5-9-21(23)22-10-6-8-12-24(22)27(33)34/h5-16H,3-4,17-18H2,1-2H3,(H,28,31)(H,29,32)(H,33,34). The SMILES string of the molecule is CC[NH+](CC)CCNC(=O)c1ccc(NC(=O)c2ccccc2-c2ccccc2C(=O)[O-])cc1. The topological polar surface area (TPSA) is 103 Å². The summed E-state index contributed by atoms with van der Waals surface area (Å²) in [7, 11) is 0. The number of amides is 2. The van der Waals surface area contributed by atoms with E-state index in [-0.39, 0.29) is 17.4 Å². The Balaban J connectivity index is 1.71. The maximum absolute atomic E-state index is 13.0. The number of nitrogens with one attached hydrogen (secondary N) is 3. The summed E-state index contributed by atoms with van der Waals surface area (Å²) in [5, 5.41) is 17.3. The van der Waals surface area contributed by atoms with Crippen molar-refractivity contribution in [3.63, 3.8) is 0 Å². The van der Waals surface area contributed by atoms with Gasteiger partial charge in [-0.25, -0.2) is 0 Å². The van der Waals surface area contributed by atoms with Crippen molar-refractivity contribution in [3.8, 4) is 11.1 Å². The molecule has 3 aromatic carbocycles. The van der Waals surface area contributed by atoms with Gasteiger partial charge in [-0.3, -0.25) is 9.59 Å². The Hall–Kier alpha value is -3.97. The predicted octanol–water partition coefficient (Wildman–Crippen LogP) is 1.62. The van der Waals surface area contributed by atoms with Crippen LogP contribution in [0.4, 0.5) is 5.69 Å². The van der Waals surface area contributed by atoms with Crippen molar-refractivity contribution in [3.05, 3.63) is 89.5 Å². The fourth-order valence-electron chi connectivity index (χ4n) is 3.77. The van der Waals surface area contributed by atoms with Gasteiger partial charge in [-0.05, 0) is 55.3 Å². The number of quaternary nitrogens is 1. The number of hydrogen-bond acceptors (Lipinski definition) is 4. The number of carboxylic acids is 1. The Morgan fingerprint density at radius 2 is 1.32 bits per heavy atom. The molecule has 3 rings (SSSR count). The molecule has 0 saturated carbocycles. The Morgan fingerprint density at radius 3 is 1.91 bits per heavy atom. The lowest BCUT2D eigenvalue weighted by Gasteiger charge is -2.15. The first kappa shape index (κ1) is 24.7. The van der Waals surface area contributed by atoms with Gasteiger partial charge in [0.2, 0.25) is 0 Å². The number of carbonyl (C=O) groups is 3. The van der Waals surface area contributed by atoms with Gasteiger partial charge in [0.15, 0.2) is 0 Å². The summed E-state index contributed by atoms with van der Waals surface area (Å²) in [4.78, 5) is 38.4. The number of carbonyl (C=O) groups excluding carboxylic acids is 3. The Bertz CT molecular complexity index is 1150. The lowest BCUT2D eigenvalue weighted by Crippen LogP contribution is -3.12. The zero-order valence-electron chi connectivity index (χ0n) is 19.4. The molecule has 0 aliphatic carbocycles. The smallest absolute Gasteiger partial charge is 0.256 e. The third kappa shape index (κ3) is 6.08. The minimum absolute atomic E-state index is 0.0145. The van der Waals surface area contributed by atoms with Gasteiger partial charge in [-0.2, -0.15) is 0 Å². The third-order valence-electron chi connectivity index (χ3n) is 5.78. The van der Waals surface area contributed by atoms with E-state index in [4.69, 9.17) is 0 Å². The van der Waals surface area contributed by atoms with Crippen LogP contribution in [0.5, 0.6) is 0 Å². The van der Waals surface area contributed by atoms with E-state index in [2.05, 4.69) is 24.5 Å². The molecule has 0 unspecified atom stereocenters. The molecular weight excluding hydrogens is 430 g/mol. The van der Waals surface area contributed by atoms with E-state index in [1.165, 1.54) is 11.0 Å². The summed E-state index contributed by atoms with van der Waals surface area (Å²) < 4.78 is 0. The zero-order chi connectivity index (χ0) is 24.5. The molecule has 0 spiro atoms. The number of aromatic carboxylic acids is 1. The summed E-state index contributed by atoms with van der Waals surface area (Å²) in [6.45, 7) is 7.74. The van der Waals surface area contributed by atoms with Crippen LogP contribution < -0.4 is 20.6 Å². The molecule has 0 aromatic heterocycles. The van der Waals surface area contributed by atoms with E-state index < -0.39 is 5.97 Å². The minimum Gasteiger partial charge on any atom is -0.545 e. The van der Waals surface area contributed by atoms with Crippen LogP contribution in [0.1, 0.15) is 44.9 Å². The second kappa shape index (κ2) is 11.8. The van der Waals surface area contributed by atoms with Gasteiger partial charge in [0.25, 0.3) is 11.8 Å². The van der Waals surface area contributed by atoms with E-state index in [1.807, 2.05) is 0 Å². The maximum Gasteiger partial charge on any atom is 0.256 e. The number of benzene rings is 3. The van der Waals surface area contributed by atoms with Crippen LogP contribution in [0.3, 0.4) is 0 Å². The van der Waals surface area contributed by atoms with Crippen LogP contribution in [0, 0.1) is 0 Å². The highest BCUT2D eigenvalue weighted by atomic mass is 16.4. The van der Waals surface area contributed by atoms with Crippen molar-refractivity contribution in [2.45, 2.75) is 13.8 Å². The Morgan fingerprint density at radius 1 is 0.765 bits per heavy atom. The van der Waals surface area contributed by atoms with Gasteiger partial charge in [0.1, 0.15) is 0 Å². The molecule has 0 atom stereocenters. The highest BCUT2D eigenvalue weighted by Crippen LogP contribution is 2.27.